The van der Waals surface area contributed by atoms with Crippen molar-refractivity contribution in [1.82, 2.24) is 9.97 Å². The molecule has 0 spiro atoms. The monoisotopic (exact) mass is 276 g/mol. The predicted molar refractivity (Wildman–Crippen MR) is 80.0 cm³/mol. The van der Waals surface area contributed by atoms with Crippen LogP contribution in [0.4, 0.5) is 0 Å². The summed E-state index contributed by atoms with van der Waals surface area (Å²) in [6.07, 6.45) is 4.75. The summed E-state index contributed by atoms with van der Waals surface area (Å²) < 4.78 is 0. The Morgan fingerprint density at radius 1 is 1.47 bits per heavy atom. The fourth-order valence-electron chi connectivity index (χ4n) is 3.23. The van der Waals surface area contributed by atoms with Crippen molar-refractivity contribution in [2.45, 2.75) is 52.4 Å². The summed E-state index contributed by atoms with van der Waals surface area (Å²) in [6, 6.07) is 0. The number of fused-ring (bicyclic) bond motifs is 1. The minimum Gasteiger partial charge on any atom is -0.310 e. The van der Waals surface area contributed by atoms with E-state index >= 15 is 0 Å². The molecule has 1 fully saturated rings. The van der Waals surface area contributed by atoms with E-state index in [0.717, 1.165) is 34.4 Å². The molecule has 1 N–H and O–H groups in total. The molecule has 0 saturated heterocycles. The van der Waals surface area contributed by atoms with Crippen LogP contribution in [0, 0.1) is 12.3 Å². The number of hydrogen-bond acceptors (Lipinski definition) is 3. The van der Waals surface area contributed by atoms with E-state index in [4.69, 9.17) is 4.98 Å². The molecule has 0 aromatic carbocycles. The van der Waals surface area contributed by atoms with Crippen molar-refractivity contribution in [3.63, 3.8) is 0 Å². The Morgan fingerprint density at radius 2 is 2.26 bits per heavy atom. The molecule has 1 aliphatic rings. The van der Waals surface area contributed by atoms with Crippen LogP contribution >= 0.6 is 11.3 Å². The van der Waals surface area contributed by atoms with Crippen LogP contribution in [0.5, 0.6) is 0 Å². The maximum absolute atomic E-state index is 12.2. The minimum atomic E-state index is 0.0297. The molecule has 1 saturated carbocycles. The second-order valence-electron chi connectivity index (χ2n) is 6.51. The van der Waals surface area contributed by atoms with E-state index in [9.17, 15) is 4.79 Å². The zero-order valence-electron chi connectivity index (χ0n) is 11.7. The lowest BCUT2D eigenvalue weighted by Crippen LogP contribution is -2.24. The first kappa shape index (κ1) is 12.9. The standard InChI is InChI=1S/C15H20N2OS/c1-9-8-19-14-11(9)13(18)16-12(17-14)10-5-4-6-15(2,3)7-10/h8,10H,4-7H2,1-3H3,(H,16,17,18)/t10-/m0/s1. The third-order valence-electron chi connectivity index (χ3n) is 4.24. The SMILES string of the molecule is Cc1csc2nc([C@H]3CCCC(C)(C)C3)[nH]c(=O)c12. The number of aromatic amines is 1. The van der Waals surface area contributed by atoms with Crippen LogP contribution in [0.2, 0.25) is 0 Å². The molecule has 0 unspecified atom stereocenters. The van der Waals surface area contributed by atoms with Crippen molar-refractivity contribution < 1.29 is 0 Å². The molecule has 0 bridgehead atoms. The number of nitrogens with one attached hydrogen (secondary N) is 1. The van der Waals surface area contributed by atoms with Crippen molar-refractivity contribution in [3.05, 3.63) is 27.1 Å². The van der Waals surface area contributed by atoms with E-state index in [-0.39, 0.29) is 5.56 Å². The van der Waals surface area contributed by atoms with Crippen molar-refractivity contribution in [3.8, 4) is 0 Å². The lowest BCUT2D eigenvalue weighted by atomic mass is 9.72. The van der Waals surface area contributed by atoms with Gasteiger partial charge >= 0.3 is 0 Å². The van der Waals surface area contributed by atoms with Gasteiger partial charge in [-0.05, 0) is 42.5 Å². The Bertz CT molecular complexity index is 668. The van der Waals surface area contributed by atoms with E-state index in [1.54, 1.807) is 11.3 Å². The maximum atomic E-state index is 12.2. The molecule has 1 atom stereocenters. The van der Waals surface area contributed by atoms with E-state index in [1.807, 2.05) is 12.3 Å². The molecule has 1 aliphatic carbocycles. The highest BCUT2D eigenvalue weighted by atomic mass is 32.1. The first-order valence-electron chi connectivity index (χ1n) is 6.94. The fraction of sp³-hybridized carbons (Fsp3) is 0.600. The molecule has 2 aromatic rings. The van der Waals surface area contributed by atoms with Gasteiger partial charge in [-0.1, -0.05) is 20.3 Å². The Balaban J connectivity index is 2.04. The third kappa shape index (κ3) is 2.34. The van der Waals surface area contributed by atoms with Gasteiger partial charge in [-0.3, -0.25) is 4.79 Å². The number of nitrogens with zero attached hydrogens (tertiary/aromatic N) is 1. The fourth-order valence-corrected chi connectivity index (χ4v) is 4.16. The molecule has 4 heteroatoms. The van der Waals surface area contributed by atoms with E-state index in [2.05, 4.69) is 18.8 Å². The highest BCUT2D eigenvalue weighted by Gasteiger charge is 2.30. The molecule has 2 aromatic heterocycles. The average Bonchev–Trinajstić information content (AvgIpc) is 2.70. The van der Waals surface area contributed by atoms with E-state index in [1.165, 1.54) is 12.8 Å². The summed E-state index contributed by atoms with van der Waals surface area (Å²) >= 11 is 1.58. The topological polar surface area (TPSA) is 45.8 Å². The largest absolute Gasteiger partial charge is 0.310 e. The summed E-state index contributed by atoms with van der Waals surface area (Å²) in [5.41, 5.74) is 1.42. The van der Waals surface area contributed by atoms with Crippen molar-refractivity contribution >= 4 is 21.6 Å². The first-order valence-corrected chi connectivity index (χ1v) is 7.82. The van der Waals surface area contributed by atoms with Gasteiger partial charge in [-0.15, -0.1) is 11.3 Å². The van der Waals surface area contributed by atoms with Gasteiger partial charge < -0.3 is 4.98 Å². The summed E-state index contributed by atoms with van der Waals surface area (Å²) in [7, 11) is 0. The molecular weight excluding hydrogens is 256 g/mol. The normalized spacial score (nSPS) is 22.8. The van der Waals surface area contributed by atoms with Crippen molar-refractivity contribution in [1.29, 1.82) is 0 Å². The van der Waals surface area contributed by atoms with Gasteiger partial charge in [0.25, 0.3) is 5.56 Å². The predicted octanol–water partition coefficient (Wildman–Crippen LogP) is 3.98. The lowest BCUT2D eigenvalue weighted by molar-refractivity contribution is 0.215. The number of aryl methyl sites for hydroxylation is 1. The van der Waals surface area contributed by atoms with Crippen LogP contribution in [-0.2, 0) is 0 Å². The van der Waals surface area contributed by atoms with Crippen LogP contribution in [0.1, 0.15) is 56.8 Å². The van der Waals surface area contributed by atoms with Crippen molar-refractivity contribution in [2.75, 3.05) is 0 Å². The number of thiophene rings is 1. The number of H-pyrrole nitrogens is 1. The second-order valence-corrected chi connectivity index (χ2v) is 7.37. The van der Waals surface area contributed by atoms with Crippen LogP contribution in [0.3, 0.4) is 0 Å². The van der Waals surface area contributed by atoms with Gasteiger partial charge in [0.05, 0.1) is 5.39 Å². The molecule has 3 nitrogen and oxygen atoms in total. The van der Waals surface area contributed by atoms with E-state index < -0.39 is 0 Å². The molecule has 19 heavy (non-hydrogen) atoms. The highest BCUT2D eigenvalue weighted by molar-refractivity contribution is 7.16. The number of rotatable bonds is 1. The number of aromatic nitrogens is 2. The molecule has 0 radical (unpaired) electrons. The molecule has 0 aliphatic heterocycles. The summed E-state index contributed by atoms with van der Waals surface area (Å²) in [6.45, 7) is 6.59. The summed E-state index contributed by atoms with van der Waals surface area (Å²) in [5.74, 6) is 1.30. The lowest BCUT2D eigenvalue weighted by Gasteiger charge is -2.34. The summed E-state index contributed by atoms with van der Waals surface area (Å²) in [4.78, 5) is 20.8. The zero-order valence-corrected chi connectivity index (χ0v) is 12.6. The Kier molecular flexibility index (Phi) is 3.01. The highest BCUT2D eigenvalue weighted by Crippen LogP contribution is 2.42. The molecule has 102 valence electrons. The number of hydrogen-bond donors (Lipinski definition) is 1. The molecular formula is C15H20N2OS. The second kappa shape index (κ2) is 4.44. The average molecular weight is 276 g/mol. The Morgan fingerprint density at radius 3 is 3.00 bits per heavy atom. The maximum Gasteiger partial charge on any atom is 0.259 e. The first-order chi connectivity index (χ1) is 8.96. The van der Waals surface area contributed by atoms with Gasteiger partial charge in [0, 0.05) is 5.92 Å². The van der Waals surface area contributed by atoms with Gasteiger partial charge in [-0.2, -0.15) is 0 Å². The molecule has 2 heterocycles. The summed E-state index contributed by atoms with van der Waals surface area (Å²) in [5, 5.41) is 2.78. The van der Waals surface area contributed by atoms with Crippen LogP contribution < -0.4 is 5.56 Å². The van der Waals surface area contributed by atoms with Gasteiger partial charge in [0.2, 0.25) is 0 Å². The van der Waals surface area contributed by atoms with Crippen molar-refractivity contribution in [2.24, 2.45) is 5.41 Å². The third-order valence-corrected chi connectivity index (χ3v) is 5.23. The van der Waals surface area contributed by atoms with Crippen LogP contribution in [-0.4, -0.2) is 9.97 Å². The van der Waals surface area contributed by atoms with Gasteiger partial charge in [0.1, 0.15) is 10.7 Å². The van der Waals surface area contributed by atoms with Crippen LogP contribution in [0.15, 0.2) is 10.2 Å². The van der Waals surface area contributed by atoms with Gasteiger partial charge in [-0.25, -0.2) is 4.98 Å². The molecule has 0 amide bonds. The minimum absolute atomic E-state index is 0.0297. The van der Waals surface area contributed by atoms with E-state index in [0.29, 0.717) is 11.3 Å². The Hall–Kier alpha value is -1.16. The zero-order chi connectivity index (χ0) is 13.6. The molecule has 3 rings (SSSR count). The quantitative estimate of drug-likeness (QED) is 0.856. The van der Waals surface area contributed by atoms with Crippen LogP contribution in [0.25, 0.3) is 10.2 Å². The van der Waals surface area contributed by atoms with Gasteiger partial charge in [0.15, 0.2) is 0 Å². The Labute approximate surface area is 117 Å². The smallest absolute Gasteiger partial charge is 0.259 e.